The SMILES string of the molecule is O=C1COc2ccc(C(=O)COC(=O)CCN3C(=O)[C@@H]4CC=CC[C@H]4C3=O)cc2N1. The van der Waals surface area contributed by atoms with Crippen molar-refractivity contribution < 1.29 is 33.4 Å². The van der Waals surface area contributed by atoms with Crippen LogP contribution in [0.4, 0.5) is 5.69 Å². The molecular weight excluding hydrogens is 392 g/mol. The Kier molecular flexibility index (Phi) is 5.35. The van der Waals surface area contributed by atoms with E-state index in [-0.39, 0.29) is 54.7 Å². The molecule has 0 unspecified atom stereocenters. The summed E-state index contributed by atoms with van der Waals surface area (Å²) in [6.07, 6.45) is 4.70. The van der Waals surface area contributed by atoms with Gasteiger partial charge in [0, 0.05) is 12.1 Å². The van der Waals surface area contributed by atoms with E-state index >= 15 is 0 Å². The Balaban J connectivity index is 1.28. The van der Waals surface area contributed by atoms with Crippen LogP contribution in [0.3, 0.4) is 0 Å². The minimum Gasteiger partial charge on any atom is -0.482 e. The number of carbonyl (C=O) groups is 5. The molecule has 1 N–H and O–H groups in total. The molecular formula is C21H20N2O7. The second-order valence-corrected chi connectivity index (χ2v) is 7.37. The Morgan fingerprint density at radius 2 is 1.80 bits per heavy atom. The van der Waals surface area contributed by atoms with Crippen LogP contribution in [0.25, 0.3) is 0 Å². The lowest BCUT2D eigenvalue weighted by molar-refractivity contribution is -0.145. The highest BCUT2D eigenvalue weighted by atomic mass is 16.5. The number of allylic oxidation sites excluding steroid dienone is 2. The molecule has 0 spiro atoms. The largest absolute Gasteiger partial charge is 0.482 e. The van der Waals surface area contributed by atoms with Crippen LogP contribution < -0.4 is 10.1 Å². The zero-order chi connectivity index (χ0) is 21.3. The molecule has 156 valence electrons. The van der Waals surface area contributed by atoms with Crippen LogP contribution in [0.1, 0.15) is 29.6 Å². The Morgan fingerprint density at radius 1 is 1.10 bits per heavy atom. The van der Waals surface area contributed by atoms with E-state index in [1.807, 2.05) is 12.2 Å². The molecule has 0 saturated carbocycles. The van der Waals surface area contributed by atoms with E-state index in [4.69, 9.17) is 9.47 Å². The fourth-order valence-electron chi connectivity index (χ4n) is 3.85. The van der Waals surface area contributed by atoms with Gasteiger partial charge in [-0.25, -0.2) is 0 Å². The fourth-order valence-corrected chi connectivity index (χ4v) is 3.85. The first-order chi connectivity index (χ1) is 14.4. The highest BCUT2D eigenvalue weighted by molar-refractivity contribution is 6.05. The van der Waals surface area contributed by atoms with Crippen molar-refractivity contribution in [3.63, 3.8) is 0 Å². The van der Waals surface area contributed by atoms with Crippen LogP contribution in [0.15, 0.2) is 30.4 Å². The molecule has 1 aliphatic carbocycles. The molecule has 0 aromatic heterocycles. The first-order valence-electron chi connectivity index (χ1n) is 9.70. The number of fused-ring (bicyclic) bond motifs is 2. The van der Waals surface area contributed by atoms with E-state index in [0.29, 0.717) is 24.3 Å². The zero-order valence-electron chi connectivity index (χ0n) is 16.1. The highest BCUT2D eigenvalue weighted by Gasteiger charge is 2.46. The number of rotatable bonds is 6. The number of hydrogen-bond acceptors (Lipinski definition) is 7. The summed E-state index contributed by atoms with van der Waals surface area (Å²) in [4.78, 5) is 61.6. The van der Waals surface area contributed by atoms with Gasteiger partial charge in [-0.15, -0.1) is 0 Å². The summed E-state index contributed by atoms with van der Waals surface area (Å²) in [5.74, 6) is -2.17. The number of likely N-dealkylation sites (tertiary alicyclic amines) is 1. The number of ketones is 1. The molecule has 9 nitrogen and oxygen atoms in total. The smallest absolute Gasteiger partial charge is 0.308 e. The van der Waals surface area contributed by atoms with Crippen molar-refractivity contribution in [1.82, 2.24) is 4.90 Å². The summed E-state index contributed by atoms with van der Waals surface area (Å²) in [5, 5.41) is 2.60. The predicted octanol–water partition coefficient (Wildman–Crippen LogP) is 1.08. The third kappa shape index (κ3) is 3.83. The van der Waals surface area contributed by atoms with Crippen molar-refractivity contribution in [2.45, 2.75) is 19.3 Å². The molecule has 1 aromatic carbocycles. The number of imide groups is 1. The maximum absolute atomic E-state index is 12.4. The third-order valence-electron chi connectivity index (χ3n) is 5.44. The van der Waals surface area contributed by atoms with Gasteiger partial charge in [0.2, 0.25) is 11.8 Å². The average molecular weight is 412 g/mol. The van der Waals surface area contributed by atoms with Gasteiger partial charge in [-0.05, 0) is 31.0 Å². The van der Waals surface area contributed by atoms with Crippen molar-refractivity contribution in [3.8, 4) is 5.75 Å². The number of esters is 1. The second kappa shape index (κ2) is 8.10. The Bertz CT molecular complexity index is 942. The van der Waals surface area contributed by atoms with Gasteiger partial charge in [0.15, 0.2) is 19.0 Å². The van der Waals surface area contributed by atoms with E-state index < -0.39 is 18.4 Å². The number of Topliss-reactive ketones (excluding diaryl/α,β-unsaturated/α-hetero) is 1. The average Bonchev–Trinajstić information content (AvgIpc) is 3.00. The van der Waals surface area contributed by atoms with Crippen molar-refractivity contribution in [3.05, 3.63) is 35.9 Å². The maximum Gasteiger partial charge on any atom is 0.308 e. The van der Waals surface area contributed by atoms with Gasteiger partial charge in [-0.3, -0.25) is 28.9 Å². The number of nitrogens with one attached hydrogen (secondary N) is 1. The topological polar surface area (TPSA) is 119 Å². The highest BCUT2D eigenvalue weighted by Crippen LogP contribution is 2.35. The van der Waals surface area contributed by atoms with Crippen LogP contribution >= 0.6 is 0 Å². The number of hydrogen-bond donors (Lipinski definition) is 1. The zero-order valence-corrected chi connectivity index (χ0v) is 16.1. The maximum atomic E-state index is 12.4. The van der Waals surface area contributed by atoms with Crippen LogP contribution in [0.2, 0.25) is 0 Å². The molecule has 3 amide bonds. The standard InChI is InChI=1S/C21H20N2O7/c24-16(12-5-6-17-15(9-12)22-18(25)11-29-17)10-30-19(26)7-8-23-20(27)13-3-1-2-4-14(13)21(23)28/h1-2,5-6,9,13-14H,3-4,7-8,10-11H2,(H,22,25)/t13-,14-/m1/s1. The molecule has 0 bridgehead atoms. The lowest BCUT2D eigenvalue weighted by atomic mass is 9.85. The molecule has 30 heavy (non-hydrogen) atoms. The summed E-state index contributed by atoms with van der Waals surface area (Å²) in [6, 6.07) is 4.53. The second-order valence-electron chi connectivity index (χ2n) is 7.37. The quantitative estimate of drug-likeness (QED) is 0.321. The molecule has 0 radical (unpaired) electrons. The molecule has 1 saturated heterocycles. The van der Waals surface area contributed by atoms with Gasteiger partial charge < -0.3 is 14.8 Å². The molecule has 2 atom stereocenters. The minimum absolute atomic E-state index is 0.0556. The Labute approximate surface area is 172 Å². The summed E-state index contributed by atoms with van der Waals surface area (Å²) in [7, 11) is 0. The first-order valence-corrected chi connectivity index (χ1v) is 9.70. The van der Waals surface area contributed by atoms with Crippen molar-refractivity contribution in [2.75, 3.05) is 25.1 Å². The van der Waals surface area contributed by atoms with Gasteiger partial charge in [0.05, 0.1) is 23.9 Å². The number of nitrogens with zero attached hydrogens (tertiary/aromatic N) is 1. The van der Waals surface area contributed by atoms with E-state index in [9.17, 15) is 24.0 Å². The van der Waals surface area contributed by atoms with Crippen LogP contribution in [0.5, 0.6) is 5.75 Å². The van der Waals surface area contributed by atoms with Gasteiger partial charge in [0.1, 0.15) is 5.75 Å². The van der Waals surface area contributed by atoms with Crippen LogP contribution in [0, 0.1) is 11.8 Å². The fraction of sp³-hybridized carbons (Fsp3) is 0.381. The van der Waals surface area contributed by atoms with Gasteiger partial charge in [-0.1, -0.05) is 12.2 Å². The molecule has 9 heteroatoms. The lowest BCUT2D eigenvalue weighted by Crippen LogP contribution is -2.33. The number of benzene rings is 1. The molecule has 3 aliphatic rings. The van der Waals surface area contributed by atoms with E-state index in [1.165, 1.54) is 12.1 Å². The Hall–Kier alpha value is -3.49. The van der Waals surface area contributed by atoms with E-state index in [2.05, 4.69) is 5.32 Å². The molecule has 1 fully saturated rings. The molecule has 2 aliphatic heterocycles. The van der Waals surface area contributed by atoms with Crippen molar-refractivity contribution in [1.29, 1.82) is 0 Å². The predicted molar refractivity (Wildman–Crippen MR) is 103 cm³/mol. The third-order valence-corrected chi connectivity index (χ3v) is 5.44. The van der Waals surface area contributed by atoms with E-state index in [1.54, 1.807) is 6.07 Å². The van der Waals surface area contributed by atoms with Crippen molar-refractivity contribution >= 4 is 35.2 Å². The van der Waals surface area contributed by atoms with Crippen LogP contribution in [-0.4, -0.2) is 54.1 Å². The number of ether oxygens (including phenoxy) is 2. The minimum atomic E-state index is -0.674. The summed E-state index contributed by atoms with van der Waals surface area (Å²) >= 11 is 0. The van der Waals surface area contributed by atoms with Gasteiger partial charge in [-0.2, -0.15) is 0 Å². The molecule has 1 aromatic rings. The van der Waals surface area contributed by atoms with Crippen LogP contribution in [-0.2, 0) is 23.9 Å². The van der Waals surface area contributed by atoms with Gasteiger partial charge in [0.25, 0.3) is 5.91 Å². The number of carbonyl (C=O) groups excluding carboxylic acids is 5. The van der Waals surface area contributed by atoms with E-state index in [0.717, 1.165) is 4.90 Å². The Morgan fingerprint density at radius 3 is 2.50 bits per heavy atom. The normalized spacial score (nSPS) is 22.1. The number of amides is 3. The molecule has 4 rings (SSSR count). The monoisotopic (exact) mass is 412 g/mol. The molecule has 2 heterocycles. The van der Waals surface area contributed by atoms with Crippen molar-refractivity contribution in [2.24, 2.45) is 11.8 Å². The number of anilines is 1. The first kappa shape index (κ1) is 19.8. The van der Waals surface area contributed by atoms with Gasteiger partial charge >= 0.3 is 5.97 Å². The summed E-state index contributed by atoms with van der Waals surface area (Å²) in [6.45, 7) is -0.624. The lowest BCUT2D eigenvalue weighted by Gasteiger charge is -2.18. The summed E-state index contributed by atoms with van der Waals surface area (Å²) in [5.41, 5.74) is 0.638. The summed E-state index contributed by atoms with van der Waals surface area (Å²) < 4.78 is 10.2.